The molecule has 2 heterocycles. The Morgan fingerprint density at radius 2 is 2.18 bits per heavy atom. The van der Waals surface area contributed by atoms with Crippen molar-refractivity contribution in [3.05, 3.63) is 30.6 Å². The van der Waals surface area contributed by atoms with Gasteiger partial charge in [0.15, 0.2) is 0 Å². The molecule has 2 aromatic rings. The number of pyridine rings is 1. The quantitative estimate of drug-likeness (QED) is 0.823. The molecule has 0 aromatic carbocycles. The predicted octanol–water partition coefficient (Wildman–Crippen LogP) is 2.68. The van der Waals surface area contributed by atoms with E-state index in [9.17, 15) is 4.79 Å². The number of aromatic nitrogens is 2. The normalized spacial score (nSPS) is 11.5. The van der Waals surface area contributed by atoms with Crippen LogP contribution in [0.15, 0.2) is 30.6 Å². The van der Waals surface area contributed by atoms with Gasteiger partial charge in [0, 0.05) is 6.20 Å². The zero-order valence-corrected chi connectivity index (χ0v) is 10.1. The summed E-state index contributed by atoms with van der Waals surface area (Å²) < 4.78 is 6.86. The van der Waals surface area contributed by atoms with Crippen LogP contribution in [0.25, 0.3) is 5.52 Å². The second-order valence-electron chi connectivity index (χ2n) is 4.72. The number of rotatable bonds is 1. The highest BCUT2D eigenvalue weighted by Gasteiger charge is 2.17. The van der Waals surface area contributed by atoms with E-state index in [2.05, 4.69) is 10.4 Å². The van der Waals surface area contributed by atoms with E-state index in [4.69, 9.17) is 4.74 Å². The van der Waals surface area contributed by atoms with Crippen LogP contribution in [0.1, 0.15) is 20.8 Å². The van der Waals surface area contributed by atoms with Crippen LogP contribution in [-0.4, -0.2) is 21.3 Å². The van der Waals surface area contributed by atoms with E-state index in [1.165, 1.54) is 0 Å². The second-order valence-corrected chi connectivity index (χ2v) is 4.72. The smallest absolute Gasteiger partial charge is 0.412 e. The van der Waals surface area contributed by atoms with E-state index >= 15 is 0 Å². The van der Waals surface area contributed by atoms with E-state index in [1.54, 1.807) is 10.7 Å². The van der Waals surface area contributed by atoms with Crippen LogP contribution in [0, 0.1) is 0 Å². The summed E-state index contributed by atoms with van der Waals surface area (Å²) in [6.45, 7) is 5.47. The number of carbonyl (C=O) groups excluding carboxylic acids is 1. The third-order valence-corrected chi connectivity index (χ3v) is 2.06. The maximum absolute atomic E-state index is 11.6. The van der Waals surface area contributed by atoms with Gasteiger partial charge in [-0.2, -0.15) is 5.10 Å². The lowest BCUT2D eigenvalue weighted by atomic mass is 10.2. The molecular weight excluding hydrogens is 218 g/mol. The van der Waals surface area contributed by atoms with Crippen LogP contribution in [0.4, 0.5) is 10.5 Å². The lowest BCUT2D eigenvalue weighted by molar-refractivity contribution is 0.0636. The Kier molecular flexibility index (Phi) is 2.75. The monoisotopic (exact) mass is 233 g/mol. The second kappa shape index (κ2) is 4.08. The van der Waals surface area contributed by atoms with E-state index in [0.717, 1.165) is 5.52 Å². The zero-order valence-electron chi connectivity index (χ0n) is 10.1. The molecule has 0 fully saturated rings. The number of hydrogen-bond acceptors (Lipinski definition) is 3. The zero-order chi connectivity index (χ0) is 12.5. The van der Waals surface area contributed by atoms with Crippen molar-refractivity contribution >= 4 is 17.3 Å². The van der Waals surface area contributed by atoms with Gasteiger partial charge in [-0.3, -0.25) is 5.32 Å². The van der Waals surface area contributed by atoms with Gasteiger partial charge in [0.25, 0.3) is 0 Å². The molecule has 0 spiro atoms. The molecule has 5 heteroatoms. The van der Waals surface area contributed by atoms with Crippen LogP contribution in [0.3, 0.4) is 0 Å². The molecular formula is C12H15N3O2. The number of amides is 1. The largest absolute Gasteiger partial charge is 0.444 e. The minimum absolute atomic E-state index is 0.476. The highest BCUT2D eigenvalue weighted by molar-refractivity contribution is 5.90. The van der Waals surface area contributed by atoms with Gasteiger partial charge in [0.05, 0.1) is 17.4 Å². The van der Waals surface area contributed by atoms with Gasteiger partial charge in [0.2, 0.25) is 0 Å². The number of nitrogens with zero attached hydrogens (tertiary/aromatic N) is 2. The topological polar surface area (TPSA) is 55.6 Å². The molecule has 0 atom stereocenters. The summed E-state index contributed by atoms with van der Waals surface area (Å²) in [4.78, 5) is 11.6. The third-order valence-electron chi connectivity index (χ3n) is 2.06. The van der Waals surface area contributed by atoms with Crippen molar-refractivity contribution < 1.29 is 9.53 Å². The van der Waals surface area contributed by atoms with Gasteiger partial charge in [0.1, 0.15) is 5.60 Å². The fourth-order valence-electron chi connectivity index (χ4n) is 1.44. The SMILES string of the molecule is CC(C)(C)OC(=O)Nc1cnn2ccccc12. The average molecular weight is 233 g/mol. The number of ether oxygens (including phenoxy) is 1. The molecule has 0 aliphatic heterocycles. The summed E-state index contributed by atoms with van der Waals surface area (Å²) in [5.41, 5.74) is 0.964. The van der Waals surface area contributed by atoms with Gasteiger partial charge in [-0.1, -0.05) is 6.07 Å². The molecule has 1 N–H and O–H groups in total. The minimum Gasteiger partial charge on any atom is -0.444 e. The van der Waals surface area contributed by atoms with Crippen LogP contribution in [0.5, 0.6) is 0 Å². The summed E-state index contributed by atoms with van der Waals surface area (Å²) in [6.07, 6.45) is 2.94. The first-order chi connectivity index (χ1) is 7.96. The Morgan fingerprint density at radius 3 is 2.88 bits per heavy atom. The molecule has 1 amide bonds. The first-order valence-electron chi connectivity index (χ1n) is 5.38. The molecule has 2 rings (SSSR count). The van der Waals surface area contributed by atoms with E-state index in [1.807, 2.05) is 45.2 Å². The van der Waals surface area contributed by atoms with Gasteiger partial charge in [-0.15, -0.1) is 0 Å². The van der Waals surface area contributed by atoms with E-state index in [-0.39, 0.29) is 0 Å². The van der Waals surface area contributed by atoms with E-state index in [0.29, 0.717) is 5.69 Å². The molecule has 0 saturated heterocycles. The maximum Gasteiger partial charge on any atom is 0.412 e. The number of nitrogens with one attached hydrogen (secondary N) is 1. The molecule has 5 nitrogen and oxygen atoms in total. The first-order valence-corrected chi connectivity index (χ1v) is 5.38. The van der Waals surface area contributed by atoms with Crippen LogP contribution in [-0.2, 0) is 4.74 Å². The third kappa shape index (κ3) is 2.75. The summed E-state index contributed by atoms with van der Waals surface area (Å²) in [7, 11) is 0. The van der Waals surface area contributed by atoms with Crippen molar-refractivity contribution in [3.8, 4) is 0 Å². The van der Waals surface area contributed by atoms with Crippen LogP contribution < -0.4 is 5.32 Å². The molecule has 17 heavy (non-hydrogen) atoms. The fourth-order valence-corrected chi connectivity index (χ4v) is 1.44. The van der Waals surface area contributed by atoms with Gasteiger partial charge >= 0.3 is 6.09 Å². The predicted molar refractivity (Wildman–Crippen MR) is 65.0 cm³/mol. The first kappa shape index (κ1) is 11.4. The molecule has 0 bridgehead atoms. The Labute approximate surface area is 99.4 Å². The fraction of sp³-hybridized carbons (Fsp3) is 0.333. The van der Waals surface area contributed by atoms with Crippen molar-refractivity contribution in [2.45, 2.75) is 26.4 Å². The highest BCUT2D eigenvalue weighted by Crippen LogP contribution is 2.17. The molecule has 0 aliphatic carbocycles. The number of fused-ring (bicyclic) bond motifs is 1. The van der Waals surface area contributed by atoms with Gasteiger partial charge < -0.3 is 4.74 Å². The summed E-state index contributed by atoms with van der Waals surface area (Å²) in [5.74, 6) is 0. The Morgan fingerprint density at radius 1 is 1.41 bits per heavy atom. The number of anilines is 1. The Balaban J connectivity index is 2.16. The lowest BCUT2D eigenvalue weighted by Crippen LogP contribution is -2.27. The van der Waals surface area contributed by atoms with Crippen molar-refractivity contribution in [1.29, 1.82) is 0 Å². The molecule has 0 saturated carbocycles. The Bertz CT molecular complexity index is 540. The molecule has 2 aromatic heterocycles. The summed E-state index contributed by atoms with van der Waals surface area (Å²) >= 11 is 0. The van der Waals surface area contributed by atoms with Crippen molar-refractivity contribution in [1.82, 2.24) is 9.61 Å². The number of carbonyl (C=O) groups is 1. The van der Waals surface area contributed by atoms with Crippen molar-refractivity contribution in [2.24, 2.45) is 0 Å². The molecule has 0 unspecified atom stereocenters. The molecule has 0 radical (unpaired) electrons. The summed E-state index contributed by atoms with van der Waals surface area (Å²) in [6, 6.07) is 5.63. The van der Waals surface area contributed by atoms with Gasteiger partial charge in [-0.05, 0) is 32.9 Å². The highest BCUT2D eigenvalue weighted by atomic mass is 16.6. The maximum atomic E-state index is 11.6. The van der Waals surface area contributed by atoms with Crippen molar-refractivity contribution in [3.63, 3.8) is 0 Å². The number of hydrogen-bond donors (Lipinski definition) is 1. The standard InChI is InChI=1S/C12H15N3O2/c1-12(2,3)17-11(16)14-9-8-13-15-7-5-4-6-10(9)15/h4-8H,1-3H3,(H,14,16). The summed E-state index contributed by atoms with van der Waals surface area (Å²) in [5, 5.41) is 6.79. The molecule has 0 aliphatic rings. The lowest BCUT2D eigenvalue weighted by Gasteiger charge is -2.19. The van der Waals surface area contributed by atoms with Crippen LogP contribution >= 0.6 is 0 Å². The average Bonchev–Trinajstić information content (AvgIpc) is 2.59. The van der Waals surface area contributed by atoms with E-state index < -0.39 is 11.7 Å². The van der Waals surface area contributed by atoms with Gasteiger partial charge in [-0.25, -0.2) is 9.31 Å². The minimum atomic E-state index is -0.507. The molecule has 90 valence electrons. The van der Waals surface area contributed by atoms with Crippen LogP contribution in [0.2, 0.25) is 0 Å². The Hall–Kier alpha value is -2.04. The van der Waals surface area contributed by atoms with Crippen molar-refractivity contribution in [2.75, 3.05) is 5.32 Å².